The Balaban J connectivity index is 1.52. The Morgan fingerprint density at radius 1 is 1.06 bits per heavy atom. The predicted octanol–water partition coefficient (Wildman–Crippen LogP) is 4.58. The molecule has 0 spiro atoms. The first-order valence-electron chi connectivity index (χ1n) is 9.63. The van der Waals surface area contributed by atoms with E-state index in [0.717, 1.165) is 6.07 Å². The molecule has 0 aliphatic carbocycles. The fraction of sp³-hybridized carbons (Fsp3) is 0.273. The third kappa shape index (κ3) is 4.15. The zero-order valence-electron chi connectivity index (χ0n) is 16.7. The number of nitrogens with zero attached hydrogens (tertiary/aromatic N) is 2. The van der Waals surface area contributed by atoms with E-state index in [2.05, 4.69) is 0 Å². The summed E-state index contributed by atoms with van der Waals surface area (Å²) in [5.74, 6) is -1.41. The molecule has 4 rings (SSSR count). The summed E-state index contributed by atoms with van der Waals surface area (Å²) in [5, 5.41) is 0.470. The van der Waals surface area contributed by atoms with Gasteiger partial charge in [-0.2, -0.15) is 0 Å². The molecule has 0 atom stereocenters. The maximum atomic E-state index is 14.4. The molecule has 1 aliphatic rings. The van der Waals surface area contributed by atoms with Crippen LogP contribution in [0.3, 0.4) is 0 Å². The Bertz CT molecular complexity index is 1160. The van der Waals surface area contributed by atoms with Gasteiger partial charge in [-0.3, -0.25) is 9.59 Å². The summed E-state index contributed by atoms with van der Waals surface area (Å²) >= 11 is 7.25. The van der Waals surface area contributed by atoms with E-state index in [1.54, 1.807) is 21.9 Å². The van der Waals surface area contributed by atoms with Crippen molar-refractivity contribution in [3.63, 3.8) is 0 Å². The van der Waals surface area contributed by atoms with Gasteiger partial charge in [-0.05, 0) is 30.3 Å². The van der Waals surface area contributed by atoms with Crippen LogP contribution in [0.25, 0.3) is 10.1 Å². The van der Waals surface area contributed by atoms with Gasteiger partial charge in [-0.15, -0.1) is 11.3 Å². The van der Waals surface area contributed by atoms with Crippen molar-refractivity contribution in [2.45, 2.75) is 6.61 Å². The van der Waals surface area contributed by atoms with E-state index in [-0.39, 0.29) is 34.8 Å². The van der Waals surface area contributed by atoms with Gasteiger partial charge in [0.25, 0.3) is 11.8 Å². The van der Waals surface area contributed by atoms with E-state index in [0.29, 0.717) is 46.7 Å². The molecule has 2 heterocycles. The van der Waals surface area contributed by atoms with E-state index in [9.17, 15) is 18.4 Å². The van der Waals surface area contributed by atoms with Crippen molar-refractivity contribution in [1.82, 2.24) is 9.80 Å². The molecule has 9 heteroatoms. The quantitative estimate of drug-likeness (QED) is 0.568. The van der Waals surface area contributed by atoms with Crippen LogP contribution in [0.2, 0.25) is 5.02 Å². The number of rotatable bonds is 4. The molecule has 0 radical (unpaired) electrons. The molecule has 0 bridgehead atoms. The molecule has 3 aromatic rings. The van der Waals surface area contributed by atoms with Crippen LogP contribution < -0.4 is 0 Å². The molecular weight excluding hydrogens is 446 g/mol. The normalized spacial score (nSPS) is 14.3. The average Bonchev–Trinajstić information content (AvgIpc) is 3.13. The summed E-state index contributed by atoms with van der Waals surface area (Å²) in [6.45, 7) is 1.41. The number of piperazine rings is 1. The van der Waals surface area contributed by atoms with Crippen LogP contribution in [-0.4, -0.2) is 54.9 Å². The highest BCUT2D eigenvalue weighted by Gasteiger charge is 2.29. The number of amides is 2. The highest BCUT2D eigenvalue weighted by atomic mass is 35.5. The third-order valence-electron chi connectivity index (χ3n) is 5.26. The van der Waals surface area contributed by atoms with Crippen LogP contribution in [-0.2, 0) is 11.3 Å². The lowest BCUT2D eigenvalue weighted by atomic mass is 10.1. The van der Waals surface area contributed by atoms with E-state index < -0.39 is 5.82 Å². The Labute approximate surface area is 186 Å². The molecular formula is C22H19ClF2N2O3S. The zero-order chi connectivity index (χ0) is 22.1. The third-order valence-corrected chi connectivity index (χ3v) is 6.76. The predicted molar refractivity (Wildman–Crippen MR) is 116 cm³/mol. The Morgan fingerprint density at radius 3 is 2.39 bits per heavy atom. The van der Waals surface area contributed by atoms with Crippen LogP contribution in [0.1, 0.15) is 25.6 Å². The number of carbonyl (C=O) groups is 2. The Kier molecular flexibility index (Phi) is 6.22. The fourth-order valence-electron chi connectivity index (χ4n) is 3.71. The van der Waals surface area contributed by atoms with Gasteiger partial charge in [0.15, 0.2) is 0 Å². The molecule has 1 aromatic heterocycles. The zero-order valence-corrected chi connectivity index (χ0v) is 18.2. The summed E-state index contributed by atoms with van der Waals surface area (Å²) in [6, 6.07) is 8.42. The maximum Gasteiger partial charge on any atom is 0.264 e. The van der Waals surface area contributed by atoms with Gasteiger partial charge < -0.3 is 14.5 Å². The Morgan fingerprint density at radius 2 is 1.74 bits per heavy atom. The van der Waals surface area contributed by atoms with E-state index in [1.165, 1.54) is 36.6 Å². The molecule has 2 aromatic carbocycles. The monoisotopic (exact) mass is 464 g/mol. The van der Waals surface area contributed by atoms with Gasteiger partial charge in [0.2, 0.25) is 0 Å². The molecule has 5 nitrogen and oxygen atoms in total. The highest BCUT2D eigenvalue weighted by molar-refractivity contribution is 7.21. The molecule has 0 N–H and O–H groups in total. The van der Waals surface area contributed by atoms with Crippen LogP contribution >= 0.6 is 22.9 Å². The molecule has 1 fully saturated rings. The SMILES string of the molecule is COCc1c(C(=O)N2CCN(C(=O)c3ccc(F)cc3Cl)CC2)sc2cccc(F)c12. The maximum absolute atomic E-state index is 14.4. The number of fused-ring (bicyclic) bond motifs is 1. The van der Waals surface area contributed by atoms with Crippen LogP contribution in [0.15, 0.2) is 36.4 Å². The Hall–Kier alpha value is -2.55. The number of halogens is 3. The fourth-order valence-corrected chi connectivity index (χ4v) is 5.15. The lowest BCUT2D eigenvalue weighted by Crippen LogP contribution is -2.50. The first kappa shape index (κ1) is 21.7. The van der Waals surface area contributed by atoms with Gasteiger partial charge in [0.05, 0.1) is 22.1 Å². The van der Waals surface area contributed by atoms with Crippen LogP contribution in [0, 0.1) is 11.6 Å². The summed E-state index contributed by atoms with van der Waals surface area (Å²) < 4.78 is 33.6. The van der Waals surface area contributed by atoms with E-state index >= 15 is 0 Å². The molecule has 2 amide bonds. The van der Waals surface area contributed by atoms with Gasteiger partial charge in [-0.25, -0.2) is 8.78 Å². The second-order valence-electron chi connectivity index (χ2n) is 7.16. The molecule has 0 saturated carbocycles. The highest BCUT2D eigenvalue weighted by Crippen LogP contribution is 2.34. The largest absolute Gasteiger partial charge is 0.380 e. The summed E-state index contributed by atoms with van der Waals surface area (Å²) in [7, 11) is 1.50. The van der Waals surface area contributed by atoms with Crippen LogP contribution in [0.5, 0.6) is 0 Å². The van der Waals surface area contributed by atoms with Crippen LogP contribution in [0.4, 0.5) is 8.78 Å². The van der Waals surface area contributed by atoms with Gasteiger partial charge in [-0.1, -0.05) is 17.7 Å². The number of hydrogen-bond donors (Lipinski definition) is 0. The molecule has 1 saturated heterocycles. The number of carbonyl (C=O) groups excluding carboxylic acids is 2. The van der Waals surface area contributed by atoms with E-state index in [1.807, 2.05) is 0 Å². The number of hydrogen-bond acceptors (Lipinski definition) is 4. The minimum Gasteiger partial charge on any atom is -0.380 e. The minimum absolute atomic E-state index is 0.0556. The minimum atomic E-state index is -0.511. The number of ether oxygens (including phenoxy) is 1. The first-order chi connectivity index (χ1) is 14.9. The second-order valence-corrected chi connectivity index (χ2v) is 8.62. The molecule has 162 valence electrons. The summed E-state index contributed by atoms with van der Waals surface area (Å²) in [6.07, 6.45) is 0. The van der Waals surface area contributed by atoms with Gasteiger partial charge in [0.1, 0.15) is 11.6 Å². The smallest absolute Gasteiger partial charge is 0.264 e. The second kappa shape index (κ2) is 8.90. The van der Waals surface area contributed by atoms with Gasteiger partial charge in [0, 0.05) is 48.9 Å². The van der Waals surface area contributed by atoms with Crippen molar-refractivity contribution < 1.29 is 23.1 Å². The average molecular weight is 465 g/mol. The lowest BCUT2D eigenvalue weighted by Gasteiger charge is -2.35. The molecule has 1 aliphatic heterocycles. The van der Waals surface area contributed by atoms with Crippen molar-refractivity contribution in [2.24, 2.45) is 0 Å². The standard InChI is InChI=1S/C22H19ClF2N2O3S/c1-30-12-15-19-17(25)3-2-4-18(19)31-20(15)22(29)27-9-7-26(8-10-27)21(28)14-6-5-13(24)11-16(14)23/h2-6,11H,7-10,12H2,1H3. The number of thiophene rings is 1. The lowest BCUT2D eigenvalue weighted by molar-refractivity contribution is 0.0536. The van der Waals surface area contributed by atoms with Crippen molar-refractivity contribution in [3.8, 4) is 0 Å². The molecule has 31 heavy (non-hydrogen) atoms. The van der Waals surface area contributed by atoms with Crippen molar-refractivity contribution >= 4 is 44.8 Å². The number of benzene rings is 2. The first-order valence-corrected chi connectivity index (χ1v) is 10.8. The van der Waals surface area contributed by atoms with Crippen molar-refractivity contribution in [3.05, 3.63) is 69.1 Å². The van der Waals surface area contributed by atoms with E-state index in [4.69, 9.17) is 16.3 Å². The van der Waals surface area contributed by atoms with Gasteiger partial charge >= 0.3 is 0 Å². The van der Waals surface area contributed by atoms with Crippen molar-refractivity contribution in [2.75, 3.05) is 33.3 Å². The molecule has 0 unspecified atom stereocenters. The number of methoxy groups -OCH3 is 1. The topological polar surface area (TPSA) is 49.9 Å². The van der Waals surface area contributed by atoms with Crippen molar-refractivity contribution in [1.29, 1.82) is 0 Å². The summed E-state index contributed by atoms with van der Waals surface area (Å²) in [5.41, 5.74) is 0.771. The summed E-state index contributed by atoms with van der Waals surface area (Å²) in [4.78, 5) is 29.6.